The Balaban J connectivity index is 1.49. The third kappa shape index (κ3) is 4.48. The summed E-state index contributed by atoms with van der Waals surface area (Å²) in [7, 11) is 1.68. The van der Waals surface area contributed by atoms with Gasteiger partial charge in [0.15, 0.2) is 0 Å². The molecule has 6 heteroatoms. The number of carboxylic acids is 1. The zero-order valence-corrected chi connectivity index (χ0v) is 17.8. The van der Waals surface area contributed by atoms with Crippen molar-refractivity contribution in [1.82, 2.24) is 4.98 Å². The second kappa shape index (κ2) is 8.68. The SMILES string of the molecule is COc1cc(C)c(-c2cccc(COc3cc4c(cn3)[C@H](CC(=O)O)CO4)c2)c(C)c1. The molecule has 1 aliphatic rings. The van der Waals surface area contributed by atoms with E-state index in [1.54, 1.807) is 19.4 Å². The third-order valence-corrected chi connectivity index (χ3v) is 5.52. The number of nitrogens with zero attached hydrogens (tertiary/aromatic N) is 1. The van der Waals surface area contributed by atoms with Crippen LogP contribution >= 0.6 is 0 Å². The van der Waals surface area contributed by atoms with Gasteiger partial charge in [0.1, 0.15) is 18.1 Å². The molecule has 4 rings (SSSR count). The van der Waals surface area contributed by atoms with E-state index in [0.717, 1.165) is 33.6 Å². The lowest BCUT2D eigenvalue weighted by molar-refractivity contribution is -0.137. The van der Waals surface area contributed by atoms with Crippen LogP contribution in [0.4, 0.5) is 0 Å². The summed E-state index contributed by atoms with van der Waals surface area (Å²) in [6.07, 6.45) is 1.69. The number of rotatable bonds is 7. The van der Waals surface area contributed by atoms with Gasteiger partial charge in [-0.1, -0.05) is 18.2 Å². The van der Waals surface area contributed by atoms with Crippen molar-refractivity contribution < 1.29 is 24.1 Å². The Morgan fingerprint density at radius 3 is 2.68 bits per heavy atom. The summed E-state index contributed by atoms with van der Waals surface area (Å²) in [6.45, 7) is 4.89. The fourth-order valence-electron chi connectivity index (χ4n) is 4.07. The maximum Gasteiger partial charge on any atom is 0.304 e. The van der Waals surface area contributed by atoms with E-state index < -0.39 is 5.97 Å². The lowest BCUT2D eigenvalue weighted by Gasteiger charge is -2.14. The fourth-order valence-corrected chi connectivity index (χ4v) is 4.07. The molecule has 1 aliphatic heterocycles. The highest BCUT2D eigenvalue weighted by molar-refractivity contribution is 5.72. The first-order chi connectivity index (χ1) is 14.9. The van der Waals surface area contributed by atoms with Crippen molar-refractivity contribution in [2.75, 3.05) is 13.7 Å². The van der Waals surface area contributed by atoms with Crippen LogP contribution in [0.5, 0.6) is 17.4 Å². The monoisotopic (exact) mass is 419 g/mol. The predicted octanol–water partition coefficient (Wildman–Crippen LogP) is 4.90. The molecule has 0 saturated carbocycles. The van der Waals surface area contributed by atoms with Gasteiger partial charge >= 0.3 is 5.97 Å². The van der Waals surface area contributed by atoms with E-state index in [1.807, 2.05) is 24.3 Å². The van der Waals surface area contributed by atoms with Crippen LogP contribution in [0.2, 0.25) is 0 Å². The van der Waals surface area contributed by atoms with Crippen LogP contribution in [-0.4, -0.2) is 29.8 Å². The quantitative estimate of drug-likeness (QED) is 0.587. The fraction of sp³-hybridized carbons (Fsp3) is 0.280. The smallest absolute Gasteiger partial charge is 0.304 e. The molecule has 2 heterocycles. The second-order valence-corrected chi connectivity index (χ2v) is 7.79. The molecule has 0 spiro atoms. The third-order valence-electron chi connectivity index (χ3n) is 5.52. The van der Waals surface area contributed by atoms with Crippen LogP contribution in [0, 0.1) is 13.8 Å². The highest BCUT2D eigenvalue weighted by Gasteiger charge is 2.27. The van der Waals surface area contributed by atoms with Gasteiger partial charge in [-0.15, -0.1) is 0 Å². The second-order valence-electron chi connectivity index (χ2n) is 7.79. The number of carboxylic acid groups (broad SMARTS) is 1. The summed E-state index contributed by atoms with van der Waals surface area (Å²) in [5.74, 6) is 0.950. The molecule has 160 valence electrons. The molecule has 0 saturated heterocycles. The van der Waals surface area contributed by atoms with Gasteiger partial charge in [-0.2, -0.15) is 0 Å². The highest BCUT2D eigenvalue weighted by atomic mass is 16.5. The summed E-state index contributed by atoms with van der Waals surface area (Å²) in [6, 6.07) is 14.1. The van der Waals surface area contributed by atoms with Crippen molar-refractivity contribution in [2.45, 2.75) is 32.8 Å². The van der Waals surface area contributed by atoms with Crippen molar-refractivity contribution in [3.8, 4) is 28.5 Å². The number of carbonyl (C=O) groups is 1. The number of aryl methyl sites for hydroxylation is 2. The first-order valence-corrected chi connectivity index (χ1v) is 10.2. The van der Waals surface area contributed by atoms with E-state index >= 15 is 0 Å². The van der Waals surface area contributed by atoms with E-state index in [-0.39, 0.29) is 12.3 Å². The van der Waals surface area contributed by atoms with Gasteiger partial charge in [0.25, 0.3) is 0 Å². The summed E-state index contributed by atoms with van der Waals surface area (Å²) in [5, 5.41) is 9.02. The molecule has 0 aliphatic carbocycles. The number of methoxy groups -OCH3 is 1. The Labute approximate surface area is 181 Å². The number of benzene rings is 2. The van der Waals surface area contributed by atoms with E-state index in [4.69, 9.17) is 19.3 Å². The van der Waals surface area contributed by atoms with E-state index in [0.29, 0.717) is 24.8 Å². The van der Waals surface area contributed by atoms with Gasteiger partial charge in [0.2, 0.25) is 5.88 Å². The number of hydrogen-bond donors (Lipinski definition) is 1. The Hall–Kier alpha value is -3.54. The standard InChI is InChI=1S/C25H25NO5/c1-15-7-20(29-3)8-16(2)25(15)18-6-4-5-17(9-18)13-31-23-11-22-21(12-26-23)19(14-30-22)10-24(27)28/h4-9,11-12,19H,10,13-14H2,1-3H3,(H,27,28)/t19-/m1/s1. The minimum atomic E-state index is -0.844. The molecule has 0 fully saturated rings. The molecule has 1 atom stereocenters. The van der Waals surface area contributed by atoms with Crippen LogP contribution in [0.3, 0.4) is 0 Å². The molecule has 2 aromatic carbocycles. The summed E-state index contributed by atoms with van der Waals surface area (Å²) in [4.78, 5) is 15.3. The van der Waals surface area contributed by atoms with Gasteiger partial charge in [-0.3, -0.25) is 4.79 Å². The topological polar surface area (TPSA) is 77.9 Å². The average molecular weight is 419 g/mol. The number of aromatic nitrogens is 1. The number of ether oxygens (including phenoxy) is 3. The van der Waals surface area contributed by atoms with Crippen molar-refractivity contribution in [2.24, 2.45) is 0 Å². The normalized spacial score (nSPS) is 14.6. The largest absolute Gasteiger partial charge is 0.497 e. The molecule has 3 aromatic rings. The Morgan fingerprint density at radius 1 is 1.19 bits per heavy atom. The first kappa shape index (κ1) is 20.7. The summed E-state index contributed by atoms with van der Waals surface area (Å²) < 4.78 is 16.9. The van der Waals surface area contributed by atoms with E-state index in [1.165, 1.54) is 5.56 Å². The zero-order chi connectivity index (χ0) is 22.0. The molecular weight excluding hydrogens is 394 g/mol. The molecule has 1 N–H and O–H groups in total. The van der Waals surface area contributed by atoms with E-state index in [9.17, 15) is 4.79 Å². The average Bonchev–Trinajstić information content (AvgIpc) is 3.13. The molecule has 0 bridgehead atoms. The van der Waals surface area contributed by atoms with Gasteiger partial charge < -0.3 is 19.3 Å². The van der Waals surface area contributed by atoms with Crippen LogP contribution in [0.15, 0.2) is 48.7 Å². The number of hydrogen-bond acceptors (Lipinski definition) is 5. The van der Waals surface area contributed by atoms with Crippen molar-refractivity contribution >= 4 is 5.97 Å². The van der Waals surface area contributed by atoms with Crippen LogP contribution in [-0.2, 0) is 11.4 Å². The van der Waals surface area contributed by atoms with Crippen molar-refractivity contribution in [3.05, 3.63) is 70.9 Å². The molecular formula is C25H25NO5. The number of pyridine rings is 1. The maximum absolute atomic E-state index is 11.0. The predicted molar refractivity (Wildman–Crippen MR) is 117 cm³/mol. The van der Waals surface area contributed by atoms with Gasteiger partial charge in [0, 0.05) is 23.7 Å². The lowest BCUT2D eigenvalue weighted by atomic mass is 9.94. The summed E-state index contributed by atoms with van der Waals surface area (Å²) in [5.41, 5.74) is 6.48. The first-order valence-electron chi connectivity index (χ1n) is 10.2. The van der Waals surface area contributed by atoms with Gasteiger partial charge in [-0.25, -0.2) is 4.98 Å². The number of fused-ring (bicyclic) bond motifs is 1. The van der Waals surface area contributed by atoms with Gasteiger partial charge in [0.05, 0.1) is 20.1 Å². The van der Waals surface area contributed by atoms with Gasteiger partial charge in [-0.05, 0) is 59.9 Å². The molecule has 0 unspecified atom stereocenters. The highest BCUT2D eigenvalue weighted by Crippen LogP contribution is 2.37. The number of aliphatic carboxylic acids is 1. The Morgan fingerprint density at radius 2 is 1.97 bits per heavy atom. The zero-order valence-electron chi connectivity index (χ0n) is 17.8. The van der Waals surface area contributed by atoms with Crippen LogP contribution in [0.1, 0.15) is 34.6 Å². The minimum absolute atomic E-state index is 0.0336. The summed E-state index contributed by atoms with van der Waals surface area (Å²) >= 11 is 0. The molecule has 31 heavy (non-hydrogen) atoms. The van der Waals surface area contributed by atoms with Crippen molar-refractivity contribution in [3.63, 3.8) is 0 Å². The Kier molecular flexibility index (Phi) is 5.80. The molecule has 6 nitrogen and oxygen atoms in total. The van der Waals surface area contributed by atoms with E-state index in [2.05, 4.69) is 31.0 Å². The Bertz CT molecular complexity index is 1100. The molecule has 0 radical (unpaired) electrons. The molecule has 0 amide bonds. The maximum atomic E-state index is 11.0. The van der Waals surface area contributed by atoms with Crippen molar-refractivity contribution in [1.29, 1.82) is 0 Å². The van der Waals surface area contributed by atoms with Crippen LogP contribution < -0.4 is 14.2 Å². The lowest BCUT2D eigenvalue weighted by Crippen LogP contribution is -2.07. The van der Waals surface area contributed by atoms with Crippen LogP contribution in [0.25, 0.3) is 11.1 Å². The minimum Gasteiger partial charge on any atom is -0.497 e. The molecule has 1 aromatic heterocycles.